The number of fused-ring (bicyclic) bond motifs is 1. The van der Waals surface area contributed by atoms with Gasteiger partial charge in [-0.05, 0) is 30.3 Å². The van der Waals surface area contributed by atoms with Gasteiger partial charge in [-0.2, -0.15) is 0 Å². The predicted molar refractivity (Wildman–Crippen MR) is 97.7 cm³/mol. The number of anilines is 1. The number of rotatable bonds is 4. The lowest BCUT2D eigenvalue weighted by Crippen LogP contribution is -2.15. The van der Waals surface area contributed by atoms with Crippen LogP contribution < -0.4 is 20.2 Å². The molecule has 1 amide bonds. The number of amides is 1. The first-order chi connectivity index (χ1) is 12.0. The molecule has 3 aromatic rings. The highest BCUT2D eigenvalue weighted by atomic mass is 79.9. The zero-order chi connectivity index (χ0) is 18.0. The number of benzene rings is 2. The molecular formula is C18H14BrNO5. The molecule has 6 nitrogen and oxygen atoms in total. The molecule has 25 heavy (non-hydrogen) atoms. The third-order valence-electron chi connectivity index (χ3n) is 3.57. The predicted octanol–water partition coefficient (Wildman–Crippen LogP) is 3.83. The number of nitrogens with one attached hydrogen (secondary N) is 1. The smallest absolute Gasteiger partial charge is 0.291 e. The summed E-state index contributed by atoms with van der Waals surface area (Å²) in [4.78, 5) is 24.7. The molecule has 2 aromatic carbocycles. The van der Waals surface area contributed by atoms with Gasteiger partial charge in [-0.1, -0.05) is 15.9 Å². The number of methoxy groups -OCH3 is 2. The van der Waals surface area contributed by atoms with Gasteiger partial charge in [0.15, 0.2) is 11.2 Å². The second-order valence-corrected chi connectivity index (χ2v) is 6.05. The SMILES string of the molecule is COc1ccc(NC(=O)c2cc(=O)c3ccc(Br)cc3o2)c(OC)c1. The van der Waals surface area contributed by atoms with Crippen LogP contribution in [0.1, 0.15) is 10.6 Å². The highest BCUT2D eigenvalue weighted by molar-refractivity contribution is 9.10. The number of carbonyl (C=O) groups excluding carboxylic acids is 1. The molecular weight excluding hydrogens is 390 g/mol. The van der Waals surface area contributed by atoms with Crippen molar-refractivity contribution in [3.05, 3.63) is 62.9 Å². The molecule has 0 aliphatic rings. The summed E-state index contributed by atoms with van der Waals surface area (Å²) >= 11 is 3.31. The van der Waals surface area contributed by atoms with Crippen LogP contribution in [0.3, 0.4) is 0 Å². The van der Waals surface area contributed by atoms with Crippen molar-refractivity contribution in [2.75, 3.05) is 19.5 Å². The van der Waals surface area contributed by atoms with Crippen LogP contribution >= 0.6 is 15.9 Å². The van der Waals surface area contributed by atoms with Crippen molar-refractivity contribution in [2.45, 2.75) is 0 Å². The normalized spacial score (nSPS) is 10.5. The molecule has 0 radical (unpaired) electrons. The van der Waals surface area contributed by atoms with Crippen LogP contribution in [0.4, 0.5) is 5.69 Å². The van der Waals surface area contributed by atoms with Gasteiger partial charge in [-0.15, -0.1) is 0 Å². The first-order valence-electron chi connectivity index (χ1n) is 7.28. The van der Waals surface area contributed by atoms with E-state index in [4.69, 9.17) is 13.9 Å². The lowest BCUT2D eigenvalue weighted by atomic mass is 10.2. The fourth-order valence-electron chi connectivity index (χ4n) is 2.33. The first-order valence-corrected chi connectivity index (χ1v) is 8.08. The molecule has 0 spiro atoms. The van der Waals surface area contributed by atoms with Crippen molar-refractivity contribution in [3.8, 4) is 11.5 Å². The van der Waals surface area contributed by atoms with Gasteiger partial charge in [-0.3, -0.25) is 9.59 Å². The summed E-state index contributed by atoms with van der Waals surface area (Å²) < 4.78 is 16.7. The molecule has 128 valence electrons. The minimum Gasteiger partial charge on any atom is -0.497 e. The summed E-state index contributed by atoms with van der Waals surface area (Å²) in [6.45, 7) is 0. The summed E-state index contributed by atoms with van der Waals surface area (Å²) in [5.74, 6) is 0.381. The maximum Gasteiger partial charge on any atom is 0.291 e. The second kappa shape index (κ2) is 6.98. The third kappa shape index (κ3) is 3.51. The number of ether oxygens (including phenoxy) is 2. The van der Waals surface area contributed by atoms with Crippen LogP contribution in [0, 0.1) is 0 Å². The molecule has 0 saturated heterocycles. The van der Waals surface area contributed by atoms with Crippen LogP contribution in [-0.2, 0) is 0 Å². The topological polar surface area (TPSA) is 77.8 Å². The van der Waals surface area contributed by atoms with E-state index < -0.39 is 5.91 Å². The minimum absolute atomic E-state index is 0.0894. The Morgan fingerprint density at radius 3 is 2.60 bits per heavy atom. The first kappa shape index (κ1) is 17.0. The fraction of sp³-hybridized carbons (Fsp3) is 0.111. The van der Waals surface area contributed by atoms with Crippen molar-refractivity contribution in [3.63, 3.8) is 0 Å². The van der Waals surface area contributed by atoms with Gasteiger partial charge in [0.1, 0.15) is 17.1 Å². The molecule has 7 heteroatoms. The van der Waals surface area contributed by atoms with E-state index in [9.17, 15) is 9.59 Å². The Kier molecular flexibility index (Phi) is 4.76. The van der Waals surface area contributed by atoms with Crippen molar-refractivity contribution in [1.29, 1.82) is 0 Å². The molecule has 1 N–H and O–H groups in total. The van der Waals surface area contributed by atoms with E-state index in [1.807, 2.05) is 0 Å². The molecule has 0 atom stereocenters. The van der Waals surface area contributed by atoms with Gasteiger partial charge in [0.05, 0.1) is 25.3 Å². The third-order valence-corrected chi connectivity index (χ3v) is 4.07. The van der Waals surface area contributed by atoms with E-state index in [1.54, 1.807) is 36.4 Å². The van der Waals surface area contributed by atoms with Gasteiger partial charge >= 0.3 is 0 Å². The maximum atomic E-state index is 12.5. The van der Waals surface area contributed by atoms with Gasteiger partial charge in [0.25, 0.3) is 5.91 Å². The average Bonchev–Trinajstić information content (AvgIpc) is 2.61. The highest BCUT2D eigenvalue weighted by Crippen LogP contribution is 2.29. The summed E-state index contributed by atoms with van der Waals surface area (Å²) in [5.41, 5.74) is 0.472. The summed E-state index contributed by atoms with van der Waals surface area (Å²) in [6, 6.07) is 11.2. The minimum atomic E-state index is -0.553. The van der Waals surface area contributed by atoms with E-state index in [0.717, 1.165) is 4.47 Å². The summed E-state index contributed by atoms with van der Waals surface area (Å²) in [6.07, 6.45) is 0. The maximum absolute atomic E-state index is 12.5. The number of hydrogen-bond donors (Lipinski definition) is 1. The van der Waals surface area contributed by atoms with Crippen LogP contribution in [-0.4, -0.2) is 20.1 Å². The molecule has 0 unspecified atom stereocenters. The molecule has 0 aliphatic carbocycles. The zero-order valence-corrected chi connectivity index (χ0v) is 15.0. The quantitative estimate of drug-likeness (QED) is 0.716. The Morgan fingerprint density at radius 2 is 1.88 bits per heavy atom. The highest BCUT2D eigenvalue weighted by Gasteiger charge is 2.15. The molecule has 1 aromatic heterocycles. The molecule has 0 fully saturated rings. The van der Waals surface area contributed by atoms with Crippen LogP contribution in [0.5, 0.6) is 11.5 Å². The number of halogens is 1. The molecule has 1 heterocycles. The van der Waals surface area contributed by atoms with Crippen molar-refractivity contribution in [1.82, 2.24) is 0 Å². The Morgan fingerprint density at radius 1 is 1.08 bits per heavy atom. The van der Waals surface area contributed by atoms with Crippen molar-refractivity contribution in [2.24, 2.45) is 0 Å². The number of hydrogen-bond acceptors (Lipinski definition) is 5. The lowest BCUT2D eigenvalue weighted by molar-refractivity contribution is 0.0997. The van der Waals surface area contributed by atoms with E-state index in [2.05, 4.69) is 21.2 Å². The molecule has 0 aliphatic heterocycles. The lowest BCUT2D eigenvalue weighted by Gasteiger charge is -2.11. The fourth-order valence-corrected chi connectivity index (χ4v) is 2.67. The summed E-state index contributed by atoms with van der Waals surface area (Å²) in [7, 11) is 3.02. The average molecular weight is 404 g/mol. The van der Waals surface area contributed by atoms with E-state index in [0.29, 0.717) is 28.2 Å². The van der Waals surface area contributed by atoms with Gasteiger partial charge < -0.3 is 19.2 Å². The zero-order valence-electron chi connectivity index (χ0n) is 13.5. The number of carbonyl (C=O) groups is 1. The van der Waals surface area contributed by atoms with Crippen LogP contribution in [0.2, 0.25) is 0 Å². The summed E-state index contributed by atoms with van der Waals surface area (Å²) in [5, 5.41) is 3.08. The standard InChI is InChI=1S/C18H14BrNO5/c1-23-11-4-6-13(16(8-11)24-2)20-18(22)17-9-14(21)12-5-3-10(19)7-15(12)25-17/h3-9H,1-2H3,(H,20,22). The van der Waals surface area contributed by atoms with Crippen molar-refractivity contribution < 1.29 is 18.7 Å². The van der Waals surface area contributed by atoms with E-state index >= 15 is 0 Å². The Hall–Kier alpha value is -2.80. The van der Waals surface area contributed by atoms with Gasteiger partial charge in [-0.25, -0.2) is 0 Å². The van der Waals surface area contributed by atoms with Crippen LogP contribution in [0.25, 0.3) is 11.0 Å². The van der Waals surface area contributed by atoms with Crippen molar-refractivity contribution >= 4 is 38.5 Å². The Labute approximate surface area is 151 Å². The Bertz CT molecular complexity index is 1010. The largest absolute Gasteiger partial charge is 0.497 e. The van der Waals surface area contributed by atoms with Gasteiger partial charge in [0, 0.05) is 16.6 Å². The Balaban J connectivity index is 1.96. The second-order valence-electron chi connectivity index (χ2n) is 5.14. The van der Waals surface area contributed by atoms with E-state index in [-0.39, 0.29) is 11.2 Å². The van der Waals surface area contributed by atoms with Gasteiger partial charge in [0.2, 0.25) is 0 Å². The van der Waals surface area contributed by atoms with Crippen LogP contribution in [0.15, 0.2) is 56.1 Å². The molecule has 3 rings (SSSR count). The monoisotopic (exact) mass is 403 g/mol. The molecule has 0 saturated carbocycles. The van der Waals surface area contributed by atoms with E-state index in [1.165, 1.54) is 20.3 Å². The molecule has 0 bridgehead atoms.